The van der Waals surface area contributed by atoms with Gasteiger partial charge in [0.1, 0.15) is 10.6 Å². The predicted molar refractivity (Wildman–Crippen MR) is 79.3 cm³/mol. The first-order valence-electron chi connectivity index (χ1n) is 5.31. The van der Waals surface area contributed by atoms with Crippen LogP contribution in [0.3, 0.4) is 0 Å². The molecule has 5 nitrogen and oxygen atoms in total. The van der Waals surface area contributed by atoms with Crippen LogP contribution >= 0.6 is 34.5 Å². The highest BCUT2D eigenvalue weighted by molar-refractivity contribution is 7.16. The van der Waals surface area contributed by atoms with Crippen LogP contribution in [-0.4, -0.2) is 24.5 Å². The van der Waals surface area contributed by atoms with Crippen molar-refractivity contribution >= 4 is 51.3 Å². The summed E-state index contributed by atoms with van der Waals surface area (Å²) in [6.07, 6.45) is 0. The summed E-state index contributed by atoms with van der Waals surface area (Å²) in [6, 6.07) is 3.79. The van der Waals surface area contributed by atoms with E-state index in [1.807, 2.05) is 24.1 Å². The zero-order chi connectivity index (χ0) is 14.0. The van der Waals surface area contributed by atoms with E-state index in [4.69, 9.17) is 22.1 Å². The first-order chi connectivity index (χ1) is 9.02. The maximum atomic E-state index is 11.7. The average molecular weight is 318 g/mol. The lowest BCUT2D eigenvalue weighted by molar-refractivity contribution is 0.0603. The third-order valence-corrected chi connectivity index (χ3v) is 4.65. The molecule has 2 aromatic heterocycles. The number of halogens is 1. The molecule has 0 atom stereocenters. The molecule has 0 radical (unpaired) electrons. The van der Waals surface area contributed by atoms with E-state index in [0.29, 0.717) is 17.1 Å². The maximum absolute atomic E-state index is 11.7. The van der Waals surface area contributed by atoms with Gasteiger partial charge in [-0.15, -0.1) is 11.3 Å². The topological polar surface area (TPSA) is 68.5 Å². The summed E-state index contributed by atoms with van der Waals surface area (Å²) in [4.78, 5) is 14.7. The van der Waals surface area contributed by atoms with Gasteiger partial charge in [-0.1, -0.05) is 11.6 Å². The Hall–Kier alpha value is -1.31. The molecule has 0 spiro atoms. The van der Waals surface area contributed by atoms with Crippen molar-refractivity contribution in [2.45, 2.75) is 6.54 Å². The molecule has 2 N–H and O–H groups in total. The van der Waals surface area contributed by atoms with Crippen LogP contribution in [0, 0.1) is 0 Å². The highest BCUT2D eigenvalue weighted by atomic mass is 35.5. The van der Waals surface area contributed by atoms with Crippen LogP contribution < -0.4 is 10.6 Å². The Morgan fingerprint density at radius 2 is 2.32 bits per heavy atom. The van der Waals surface area contributed by atoms with E-state index in [1.54, 1.807) is 0 Å². The first-order valence-corrected chi connectivity index (χ1v) is 7.28. The first kappa shape index (κ1) is 14.1. The molecule has 8 heteroatoms. The van der Waals surface area contributed by atoms with Crippen molar-refractivity contribution in [3.63, 3.8) is 0 Å². The van der Waals surface area contributed by atoms with E-state index in [-0.39, 0.29) is 5.82 Å². The molecule has 0 aliphatic carbocycles. The number of esters is 1. The van der Waals surface area contributed by atoms with Crippen molar-refractivity contribution in [3.8, 4) is 0 Å². The molecule has 0 amide bonds. The Balaban J connectivity index is 2.24. The SMILES string of the molecule is COC(=O)c1c(N)nsc1N(C)Cc1ccc(Cl)s1. The van der Waals surface area contributed by atoms with Crippen LogP contribution in [0.25, 0.3) is 0 Å². The number of hydrogen-bond donors (Lipinski definition) is 1. The number of aromatic nitrogens is 1. The molecule has 0 aromatic carbocycles. The van der Waals surface area contributed by atoms with Crippen molar-refractivity contribution in [2.24, 2.45) is 0 Å². The largest absolute Gasteiger partial charge is 0.465 e. The van der Waals surface area contributed by atoms with Crippen LogP contribution in [0.2, 0.25) is 4.34 Å². The molecule has 0 bridgehead atoms. The summed E-state index contributed by atoms with van der Waals surface area (Å²) < 4.78 is 9.47. The van der Waals surface area contributed by atoms with Crippen LogP contribution in [0.4, 0.5) is 10.8 Å². The predicted octanol–water partition coefficient (Wildman–Crippen LogP) is 2.86. The minimum Gasteiger partial charge on any atom is -0.465 e. The number of carbonyl (C=O) groups is 1. The van der Waals surface area contributed by atoms with Gasteiger partial charge in [0.15, 0.2) is 5.82 Å². The van der Waals surface area contributed by atoms with Crippen LogP contribution in [0.5, 0.6) is 0 Å². The average Bonchev–Trinajstić information content (AvgIpc) is 2.94. The van der Waals surface area contributed by atoms with Gasteiger partial charge >= 0.3 is 5.97 Å². The van der Waals surface area contributed by atoms with E-state index < -0.39 is 5.97 Å². The Kier molecular flexibility index (Phi) is 4.28. The molecule has 0 saturated heterocycles. The van der Waals surface area contributed by atoms with Gasteiger partial charge in [-0.3, -0.25) is 0 Å². The van der Waals surface area contributed by atoms with Gasteiger partial charge in [0.05, 0.1) is 18.0 Å². The molecule has 0 unspecified atom stereocenters. The molecule has 2 aromatic rings. The summed E-state index contributed by atoms with van der Waals surface area (Å²) in [5, 5.41) is 0.689. The van der Waals surface area contributed by atoms with Gasteiger partial charge in [-0.25, -0.2) is 4.79 Å². The van der Waals surface area contributed by atoms with Gasteiger partial charge in [0.25, 0.3) is 0 Å². The third-order valence-electron chi connectivity index (χ3n) is 2.46. The van der Waals surface area contributed by atoms with Crippen LogP contribution in [-0.2, 0) is 11.3 Å². The number of nitrogen functional groups attached to an aromatic ring is 1. The number of nitrogens with two attached hydrogens (primary N) is 1. The highest BCUT2D eigenvalue weighted by Gasteiger charge is 2.22. The quantitative estimate of drug-likeness (QED) is 0.878. The summed E-state index contributed by atoms with van der Waals surface area (Å²) in [7, 11) is 3.19. The lowest BCUT2D eigenvalue weighted by atomic mass is 10.3. The fraction of sp³-hybridized carbons (Fsp3) is 0.273. The fourth-order valence-corrected chi connectivity index (χ4v) is 3.49. The molecule has 0 fully saturated rings. The molecular weight excluding hydrogens is 306 g/mol. The molecule has 102 valence electrons. The Labute approximate surface area is 123 Å². The second-order valence-electron chi connectivity index (χ2n) is 3.80. The third kappa shape index (κ3) is 2.99. The Morgan fingerprint density at radius 1 is 1.58 bits per heavy atom. The maximum Gasteiger partial charge on any atom is 0.344 e. The lowest BCUT2D eigenvalue weighted by Crippen LogP contribution is -2.18. The van der Waals surface area contributed by atoms with Crippen LogP contribution in [0.15, 0.2) is 12.1 Å². The minimum absolute atomic E-state index is 0.197. The normalized spacial score (nSPS) is 10.5. The molecule has 19 heavy (non-hydrogen) atoms. The summed E-state index contributed by atoms with van der Waals surface area (Å²) >= 11 is 8.57. The second-order valence-corrected chi connectivity index (χ2v) is 6.35. The molecule has 0 saturated carbocycles. The molecule has 0 aliphatic heterocycles. The van der Waals surface area contributed by atoms with Crippen LogP contribution in [0.1, 0.15) is 15.2 Å². The summed E-state index contributed by atoms with van der Waals surface area (Å²) in [5.74, 6) is -0.278. The summed E-state index contributed by atoms with van der Waals surface area (Å²) in [5.41, 5.74) is 6.02. The van der Waals surface area contributed by atoms with Crippen molar-refractivity contribution in [1.82, 2.24) is 4.37 Å². The standard InChI is InChI=1S/C11H12ClN3O2S2/c1-15(5-6-3-4-7(12)18-6)10-8(11(16)17-2)9(13)14-19-10/h3-4H,5H2,1-2H3,(H2,13,14). The van der Waals surface area contributed by atoms with E-state index in [9.17, 15) is 4.79 Å². The Bertz CT molecular complexity index is 597. The molecule has 2 rings (SSSR count). The fourth-order valence-electron chi connectivity index (χ4n) is 1.59. The number of ether oxygens (including phenoxy) is 1. The number of nitrogens with zero attached hydrogens (tertiary/aromatic N) is 2. The zero-order valence-corrected chi connectivity index (χ0v) is 12.7. The summed E-state index contributed by atoms with van der Waals surface area (Å²) in [6.45, 7) is 0.628. The molecule has 0 aliphatic rings. The van der Waals surface area contributed by atoms with Gasteiger partial charge in [0.2, 0.25) is 0 Å². The number of rotatable bonds is 4. The number of thiophene rings is 1. The van der Waals surface area contributed by atoms with Gasteiger partial charge in [0, 0.05) is 11.9 Å². The van der Waals surface area contributed by atoms with E-state index in [1.165, 1.54) is 30.0 Å². The number of anilines is 2. The number of carbonyl (C=O) groups excluding carboxylic acids is 1. The minimum atomic E-state index is -0.475. The van der Waals surface area contributed by atoms with Gasteiger partial charge < -0.3 is 15.4 Å². The van der Waals surface area contributed by atoms with E-state index in [0.717, 1.165) is 9.21 Å². The number of methoxy groups -OCH3 is 1. The van der Waals surface area contributed by atoms with Gasteiger partial charge in [-0.2, -0.15) is 4.37 Å². The van der Waals surface area contributed by atoms with Gasteiger partial charge in [-0.05, 0) is 23.7 Å². The lowest BCUT2D eigenvalue weighted by Gasteiger charge is -2.16. The van der Waals surface area contributed by atoms with Crippen molar-refractivity contribution in [3.05, 3.63) is 26.9 Å². The monoisotopic (exact) mass is 317 g/mol. The Morgan fingerprint density at radius 3 is 2.89 bits per heavy atom. The van der Waals surface area contributed by atoms with Crippen molar-refractivity contribution in [2.75, 3.05) is 24.8 Å². The molecule has 2 heterocycles. The van der Waals surface area contributed by atoms with E-state index in [2.05, 4.69) is 4.37 Å². The smallest absolute Gasteiger partial charge is 0.344 e. The molecular formula is C11H12ClN3O2S2. The second kappa shape index (κ2) is 5.77. The van der Waals surface area contributed by atoms with Crippen molar-refractivity contribution in [1.29, 1.82) is 0 Å². The number of hydrogen-bond acceptors (Lipinski definition) is 7. The zero-order valence-electron chi connectivity index (χ0n) is 10.3. The highest BCUT2D eigenvalue weighted by Crippen LogP contribution is 2.32. The van der Waals surface area contributed by atoms with Crippen molar-refractivity contribution < 1.29 is 9.53 Å². The van der Waals surface area contributed by atoms with E-state index >= 15 is 0 Å².